The van der Waals surface area contributed by atoms with Gasteiger partial charge in [0.2, 0.25) is 5.91 Å². The summed E-state index contributed by atoms with van der Waals surface area (Å²) in [5.41, 5.74) is 0.797. The van der Waals surface area contributed by atoms with Gasteiger partial charge in [0.15, 0.2) is 0 Å². The molecule has 2 aromatic rings. The highest BCUT2D eigenvalue weighted by Crippen LogP contribution is 2.35. The van der Waals surface area contributed by atoms with Gasteiger partial charge in [-0.05, 0) is 24.3 Å². The molecule has 128 valence electrons. The molecule has 1 aliphatic rings. The van der Waals surface area contributed by atoms with Crippen LogP contribution < -0.4 is 16.0 Å². The van der Waals surface area contributed by atoms with Gasteiger partial charge in [-0.1, -0.05) is 42.4 Å². The van der Waals surface area contributed by atoms with Gasteiger partial charge >= 0.3 is 6.03 Å². The van der Waals surface area contributed by atoms with Gasteiger partial charge in [0.25, 0.3) is 0 Å². The first-order chi connectivity index (χ1) is 12.0. The van der Waals surface area contributed by atoms with Crippen molar-refractivity contribution in [3.05, 3.63) is 77.2 Å². The lowest BCUT2D eigenvalue weighted by atomic mass is 9.87. The van der Waals surface area contributed by atoms with E-state index >= 15 is 0 Å². The number of halogens is 2. The van der Waals surface area contributed by atoms with Crippen molar-refractivity contribution in [3.63, 3.8) is 0 Å². The van der Waals surface area contributed by atoms with E-state index in [1.807, 2.05) is 6.07 Å². The smallest absolute Gasteiger partial charge is 0.319 e. The molecular weight excluding hydrogens is 345 g/mol. The van der Waals surface area contributed by atoms with Crippen molar-refractivity contribution in [2.75, 3.05) is 5.32 Å². The first kappa shape index (κ1) is 17.0. The monoisotopic (exact) mass is 359 g/mol. The Morgan fingerprint density at radius 2 is 1.88 bits per heavy atom. The second-order valence-electron chi connectivity index (χ2n) is 5.57. The number of rotatable bonds is 3. The summed E-state index contributed by atoms with van der Waals surface area (Å²) in [7, 11) is 0. The molecule has 1 fully saturated rings. The predicted octanol–water partition coefficient (Wildman–Crippen LogP) is 3.60. The molecule has 0 bridgehead atoms. The Bertz CT molecular complexity index is 821. The number of urea groups is 1. The molecule has 7 heteroatoms. The van der Waals surface area contributed by atoms with Gasteiger partial charge in [0.1, 0.15) is 11.7 Å². The zero-order valence-corrected chi connectivity index (χ0v) is 13.8. The minimum absolute atomic E-state index is 0.0494. The molecule has 25 heavy (non-hydrogen) atoms. The number of hydrogen-bond donors (Lipinski definition) is 3. The molecule has 1 saturated heterocycles. The molecular formula is C18H15ClFN3O2. The van der Waals surface area contributed by atoms with E-state index in [0.717, 1.165) is 0 Å². The Kier molecular flexibility index (Phi) is 4.72. The maximum Gasteiger partial charge on any atom is 0.319 e. The van der Waals surface area contributed by atoms with Crippen LogP contribution in [0.25, 0.3) is 0 Å². The molecule has 0 aromatic heterocycles. The standard InChI is InChI=1S/C18H15ClFN3O2/c1-10-14(17(24)22-11-6-3-2-4-7-11)16(23-18(25)21-10)15-12(19)8-5-9-13(15)20/h2-9,14,16H,1H2,(H,22,24)(H2,21,23,25)/t14-,16+/m0/s1. The van der Waals surface area contributed by atoms with Gasteiger partial charge in [-0.15, -0.1) is 0 Å². The van der Waals surface area contributed by atoms with Crippen molar-refractivity contribution in [2.45, 2.75) is 6.04 Å². The Labute approximate surface area is 148 Å². The predicted molar refractivity (Wildman–Crippen MR) is 93.5 cm³/mol. The van der Waals surface area contributed by atoms with Gasteiger partial charge in [-0.3, -0.25) is 4.79 Å². The van der Waals surface area contributed by atoms with Crippen molar-refractivity contribution in [2.24, 2.45) is 5.92 Å². The van der Waals surface area contributed by atoms with E-state index in [-0.39, 0.29) is 16.3 Å². The second kappa shape index (κ2) is 6.94. The van der Waals surface area contributed by atoms with Crippen LogP contribution in [0, 0.1) is 11.7 Å². The number of carbonyl (C=O) groups is 2. The van der Waals surface area contributed by atoms with E-state index < -0.39 is 29.7 Å². The lowest BCUT2D eigenvalue weighted by Crippen LogP contribution is -2.52. The summed E-state index contributed by atoms with van der Waals surface area (Å²) in [6.07, 6.45) is 0. The van der Waals surface area contributed by atoms with Crippen molar-refractivity contribution in [1.29, 1.82) is 0 Å². The van der Waals surface area contributed by atoms with Crippen LogP contribution in [-0.4, -0.2) is 11.9 Å². The van der Waals surface area contributed by atoms with Crippen LogP contribution in [0.2, 0.25) is 5.02 Å². The van der Waals surface area contributed by atoms with E-state index in [4.69, 9.17) is 11.6 Å². The van der Waals surface area contributed by atoms with E-state index in [1.54, 1.807) is 24.3 Å². The van der Waals surface area contributed by atoms with Crippen LogP contribution in [0.4, 0.5) is 14.9 Å². The van der Waals surface area contributed by atoms with Gasteiger partial charge in [-0.2, -0.15) is 0 Å². The van der Waals surface area contributed by atoms with Crippen LogP contribution in [0.15, 0.2) is 60.8 Å². The van der Waals surface area contributed by atoms with Crippen LogP contribution in [-0.2, 0) is 4.79 Å². The van der Waals surface area contributed by atoms with Crippen molar-refractivity contribution < 1.29 is 14.0 Å². The Morgan fingerprint density at radius 1 is 1.16 bits per heavy atom. The lowest BCUT2D eigenvalue weighted by Gasteiger charge is -2.34. The Balaban J connectivity index is 1.97. The molecule has 5 nitrogen and oxygen atoms in total. The van der Waals surface area contributed by atoms with Gasteiger partial charge in [-0.25, -0.2) is 9.18 Å². The SMILES string of the molecule is C=C1NC(=O)N[C@@H](c2c(F)cccc2Cl)[C@H]1C(=O)Nc1ccccc1. The fourth-order valence-corrected chi connectivity index (χ4v) is 3.06. The number of benzene rings is 2. The summed E-state index contributed by atoms with van der Waals surface area (Å²) < 4.78 is 14.3. The average molecular weight is 360 g/mol. The molecule has 1 heterocycles. The molecule has 2 aromatic carbocycles. The van der Waals surface area contributed by atoms with Crippen molar-refractivity contribution >= 4 is 29.2 Å². The fourth-order valence-electron chi connectivity index (χ4n) is 2.78. The van der Waals surface area contributed by atoms with E-state index in [1.165, 1.54) is 18.2 Å². The quantitative estimate of drug-likeness (QED) is 0.783. The average Bonchev–Trinajstić information content (AvgIpc) is 2.55. The third kappa shape index (κ3) is 3.49. The molecule has 0 aliphatic carbocycles. The Morgan fingerprint density at radius 3 is 2.56 bits per heavy atom. The molecule has 3 rings (SSSR count). The first-order valence-corrected chi connectivity index (χ1v) is 7.91. The topological polar surface area (TPSA) is 70.2 Å². The molecule has 0 radical (unpaired) electrons. The number of hydrogen-bond acceptors (Lipinski definition) is 2. The number of carbonyl (C=O) groups excluding carboxylic acids is 2. The van der Waals surface area contributed by atoms with E-state index in [0.29, 0.717) is 5.69 Å². The lowest BCUT2D eigenvalue weighted by molar-refractivity contribution is -0.119. The van der Waals surface area contributed by atoms with Crippen LogP contribution in [0.5, 0.6) is 0 Å². The normalized spacial score (nSPS) is 19.8. The third-order valence-electron chi connectivity index (χ3n) is 3.90. The Hall–Kier alpha value is -2.86. The molecule has 2 atom stereocenters. The number of para-hydroxylation sites is 1. The minimum Gasteiger partial charge on any atom is -0.330 e. The maximum atomic E-state index is 14.3. The summed E-state index contributed by atoms with van der Waals surface area (Å²) in [6.45, 7) is 3.75. The van der Waals surface area contributed by atoms with E-state index in [9.17, 15) is 14.0 Å². The molecule has 3 N–H and O–H groups in total. The summed E-state index contributed by atoms with van der Waals surface area (Å²) in [5.74, 6) is -1.98. The van der Waals surface area contributed by atoms with Gasteiger partial charge in [0.05, 0.1) is 6.04 Å². The van der Waals surface area contributed by atoms with Gasteiger partial charge in [0, 0.05) is 22.0 Å². The fraction of sp³-hybridized carbons (Fsp3) is 0.111. The molecule has 0 spiro atoms. The highest BCUT2D eigenvalue weighted by Gasteiger charge is 2.40. The number of nitrogens with one attached hydrogen (secondary N) is 3. The molecule has 0 unspecified atom stereocenters. The van der Waals surface area contributed by atoms with Crippen molar-refractivity contribution in [3.8, 4) is 0 Å². The number of anilines is 1. The largest absolute Gasteiger partial charge is 0.330 e. The maximum absolute atomic E-state index is 14.3. The van der Waals surface area contributed by atoms with Crippen molar-refractivity contribution in [1.82, 2.24) is 10.6 Å². The van der Waals surface area contributed by atoms with Crippen LogP contribution in [0.1, 0.15) is 11.6 Å². The van der Waals surface area contributed by atoms with Gasteiger partial charge < -0.3 is 16.0 Å². The highest BCUT2D eigenvalue weighted by molar-refractivity contribution is 6.31. The summed E-state index contributed by atoms with van der Waals surface area (Å²) in [6, 6.07) is 11.5. The third-order valence-corrected chi connectivity index (χ3v) is 4.23. The highest BCUT2D eigenvalue weighted by atomic mass is 35.5. The summed E-state index contributed by atoms with van der Waals surface area (Å²) in [5, 5.41) is 7.89. The van der Waals surface area contributed by atoms with E-state index in [2.05, 4.69) is 22.5 Å². The molecule has 3 amide bonds. The molecule has 1 aliphatic heterocycles. The minimum atomic E-state index is -0.973. The number of amides is 3. The summed E-state index contributed by atoms with van der Waals surface area (Å²) in [4.78, 5) is 24.6. The zero-order chi connectivity index (χ0) is 18.0. The summed E-state index contributed by atoms with van der Waals surface area (Å²) >= 11 is 6.12. The zero-order valence-electron chi connectivity index (χ0n) is 13.1. The van der Waals surface area contributed by atoms with Crippen LogP contribution in [0.3, 0.4) is 0 Å². The molecule has 0 saturated carbocycles. The first-order valence-electron chi connectivity index (χ1n) is 7.53. The van der Waals surface area contributed by atoms with Crippen LogP contribution >= 0.6 is 11.6 Å². The second-order valence-corrected chi connectivity index (χ2v) is 5.98.